The van der Waals surface area contributed by atoms with Crippen molar-refractivity contribution >= 4 is 17.5 Å². The van der Waals surface area contributed by atoms with Gasteiger partial charge in [-0.1, -0.05) is 83.1 Å². The molecule has 1 aliphatic heterocycles. The number of hydrogen-bond acceptors (Lipinski definition) is 4. The molecule has 0 spiro atoms. The topological polar surface area (TPSA) is 61.4 Å². The number of nitrogens with zero attached hydrogens (tertiary/aromatic N) is 4. The standard InChI is InChI=1S/C31H41N5O/c1-7-28-27(20-24-12-9-8-10-13-24)30(33-23(6)32-28)35-16-18-36(19-17-35)31(37)34-29-25(21(2)3)14-11-15-26(29)22(4)5/h8-15,21-22H,7,16-20H2,1-6H3,(H,34,37). The number of amides is 2. The number of carbonyl (C=O) groups is 1. The predicted molar refractivity (Wildman–Crippen MR) is 153 cm³/mol. The minimum atomic E-state index is -0.0210. The second-order valence-corrected chi connectivity index (χ2v) is 10.6. The van der Waals surface area contributed by atoms with Gasteiger partial charge in [-0.3, -0.25) is 0 Å². The minimum absolute atomic E-state index is 0.0210. The maximum Gasteiger partial charge on any atom is 0.321 e. The second kappa shape index (κ2) is 11.8. The zero-order valence-corrected chi connectivity index (χ0v) is 23.2. The van der Waals surface area contributed by atoms with Crippen molar-refractivity contribution in [3.63, 3.8) is 0 Å². The Balaban J connectivity index is 1.52. The first kappa shape index (κ1) is 26.6. The highest BCUT2D eigenvalue weighted by molar-refractivity contribution is 5.91. The Morgan fingerprint density at radius 1 is 0.892 bits per heavy atom. The molecule has 1 fully saturated rings. The van der Waals surface area contributed by atoms with Crippen LogP contribution in [0, 0.1) is 6.92 Å². The molecule has 6 nitrogen and oxygen atoms in total. The van der Waals surface area contributed by atoms with Crippen molar-refractivity contribution in [2.75, 3.05) is 36.4 Å². The first-order valence-corrected chi connectivity index (χ1v) is 13.6. The number of urea groups is 1. The summed E-state index contributed by atoms with van der Waals surface area (Å²) in [7, 11) is 0. The number of para-hydroxylation sites is 1. The summed E-state index contributed by atoms with van der Waals surface area (Å²) in [4.78, 5) is 27.3. The lowest BCUT2D eigenvalue weighted by atomic mass is 9.93. The highest BCUT2D eigenvalue weighted by Gasteiger charge is 2.26. The first-order valence-electron chi connectivity index (χ1n) is 13.6. The number of benzene rings is 2. The second-order valence-electron chi connectivity index (χ2n) is 10.6. The quantitative estimate of drug-likeness (QED) is 0.401. The van der Waals surface area contributed by atoms with E-state index in [4.69, 9.17) is 9.97 Å². The van der Waals surface area contributed by atoms with Crippen molar-refractivity contribution in [3.05, 3.63) is 82.3 Å². The molecule has 0 bridgehead atoms. The molecule has 1 aromatic heterocycles. The average Bonchev–Trinajstić information content (AvgIpc) is 2.89. The maximum absolute atomic E-state index is 13.4. The van der Waals surface area contributed by atoms with Crippen LogP contribution in [0.3, 0.4) is 0 Å². The molecule has 6 heteroatoms. The van der Waals surface area contributed by atoms with Crippen LogP contribution in [0.5, 0.6) is 0 Å². The third-order valence-electron chi connectivity index (χ3n) is 7.21. The van der Waals surface area contributed by atoms with Gasteiger partial charge in [-0.15, -0.1) is 0 Å². The van der Waals surface area contributed by atoms with Gasteiger partial charge in [-0.05, 0) is 41.9 Å². The third-order valence-corrected chi connectivity index (χ3v) is 7.21. The van der Waals surface area contributed by atoms with Crippen LogP contribution in [0.2, 0.25) is 0 Å². The molecule has 4 rings (SSSR count). The van der Waals surface area contributed by atoms with Crippen molar-refractivity contribution < 1.29 is 4.79 Å². The summed E-state index contributed by atoms with van der Waals surface area (Å²) < 4.78 is 0. The molecule has 37 heavy (non-hydrogen) atoms. The summed E-state index contributed by atoms with van der Waals surface area (Å²) in [5.74, 6) is 2.49. The molecule has 1 saturated heterocycles. The van der Waals surface area contributed by atoms with Crippen LogP contribution in [-0.2, 0) is 12.8 Å². The van der Waals surface area contributed by atoms with Crippen molar-refractivity contribution in [2.24, 2.45) is 0 Å². The fourth-order valence-corrected chi connectivity index (χ4v) is 5.18. The van der Waals surface area contributed by atoms with Crippen LogP contribution < -0.4 is 10.2 Å². The van der Waals surface area contributed by atoms with Crippen LogP contribution in [0.1, 0.15) is 80.2 Å². The van der Waals surface area contributed by atoms with Crippen LogP contribution in [0.4, 0.5) is 16.3 Å². The van der Waals surface area contributed by atoms with Gasteiger partial charge in [-0.2, -0.15) is 0 Å². The highest BCUT2D eigenvalue weighted by Crippen LogP contribution is 2.33. The molecular formula is C31H41N5O. The third kappa shape index (κ3) is 6.12. The van der Waals surface area contributed by atoms with Gasteiger partial charge in [0.1, 0.15) is 11.6 Å². The zero-order chi connectivity index (χ0) is 26.5. The molecule has 196 valence electrons. The number of rotatable bonds is 7. The van der Waals surface area contributed by atoms with Gasteiger partial charge in [0.05, 0.1) is 0 Å². The van der Waals surface area contributed by atoms with E-state index in [0.717, 1.165) is 49.0 Å². The normalized spacial score (nSPS) is 13.9. The van der Waals surface area contributed by atoms with Crippen LogP contribution in [0.15, 0.2) is 48.5 Å². The van der Waals surface area contributed by atoms with E-state index in [2.05, 4.69) is 87.3 Å². The van der Waals surface area contributed by atoms with E-state index < -0.39 is 0 Å². The van der Waals surface area contributed by atoms with E-state index in [9.17, 15) is 4.79 Å². The zero-order valence-electron chi connectivity index (χ0n) is 23.2. The van der Waals surface area contributed by atoms with Gasteiger partial charge in [0, 0.05) is 49.5 Å². The molecule has 2 heterocycles. The minimum Gasteiger partial charge on any atom is -0.353 e. The number of anilines is 2. The van der Waals surface area contributed by atoms with Gasteiger partial charge in [0.25, 0.3) is 0 Å². The van der Waals surface area contributed by atoms with E-state index in [-0.39, 0.29) is 6.03 Å². The molecule has 0 saturated carbocycles. The summed E-state index contributed by atoms with van der Waals surface area (Å²) in [6.45, 7) is 15.6. The van der Waals surface area contributed by atoms with Crippen LogP contribution in [0.25, 0.3) is 0 Å². The lowest BCUT2D eigenvalue weighted by molar-refractivity contribution is 0.208. The Bertz CT molecular complexity index is 1190. The van der Waals surface area contributed by atoms with Crippen molar-refractivity contribution in [1.29, 1.82) is 0 Å². The van der Waals surface area contributed by atoms with Gasteiger partial charge in [0.2, 0.25) is 0 Å². The van der Waals surface area contributed by atoms with E-state index >= 15 is 0 Å². The number of aryl methyl sites for hydroxylation is 2. The largest absolute Gasteiger partial charge is 0.353 e. The fraction of sp³-hybridized carbons (Fsp3) is 0.452. The van der Waals surface area contributed by atoms with E-state index in [1.165, 1.54) is 22.3 Å². The number of nitrogens with one attached hydrogen (secondary N) is 1. The monoisotopic (exact) mass is 499 g/mol. The number of carbonyl (C=O) groups excluding carboxylic acids is 1. The Hall–Kier alpha value is -3.41. The number of hydrogen-bond donors (Lipinski definition) is 1. The number of aromatic nitrogens is 2. The molecule has 0 aliphatic carbocycles. The molecule has 1 aliphatic rings. The van der Waals surface area contributed by atoms with E-state index in [0.29, 0.717) is 24.9 Å². The van der Waals surface area contributed by atoms with Gasteiger partial charge >= 0.3 is 6.03 Å². The Morgan fingerprint density at radius 3 is 2.08 bits per heavy atom. The van der Waals surface area contributed by atoms with Crippen LogP contribution >= 0.6 is 0 Å². The molecule has 1 N–H and O–H groups in total. The molecule has 2 aromatic carbocycles. The van der Waals surface area contributed by atoms with E-state index in [1.807, 2.05) is 17.9 Å². The van der Waals surface area contributed by atoms with Gasteiger partial charge in [-0.25, -0.2) is 14.8 Å². The summed E-state index contributed by atoms with van der Waals surface area (Å²) in [6.07, 6.45) is 1.68. The van der Waals surface area contributed by atoms with E-state index in [1.54, 1.807) is 0 Å². The summed E-state index contributed by atoms with van der Waals surface area (Å²) >= 11 is 0. The Morgan fingerprint density at radius 2 is 1.51 bits per heavy atom. The lowest BCUT2D eigenvalue weighted by Gasteiger charge is -2.37. The first-order chi connectivity index (χ1) is 17.8. The summed E-state index contributed by atoms with van der Waals surface area (Å²) in [5, 5.41) is 3.28. The molecule has 2 amide bonds. The highest BCUT2D eigenvalue weighted by atomic mass is 16.2. The average molecular weight is 500 g/mol. The molecule has 0 unspecified atom stereocenters. The molecule has 3 aromatic rings. The molecule has 0 radical (unpaired) electrons. The fourth-order valence-electron chi connectivity index (χ4n) is 5.18. The maximum atomic E-state index is 13.4. The van der Waals surface area contributed by atoms with Gasteiger partial charge < -0.3 is 15.1 Å². The van der Waals surface area contributed by atoms with Gasteiger partial charge in [0.15, 0.2) is 0 Å². The SMILES string of the molecule is CCc1nc(C)nc(N2CCN(C(=O)Nc3c(C(C)C)cccc3C(C)C)CC2)c1Cc1ccccc1. The smallest absolute Gasteiger partial charge is 0.321 e. The summed E-state index contributed by atoms with van der Waals surface area (Å²) in [6, 6.07) is 16.8. The number of piperazine rings is 1. The molecule has 0 atom stereocenters. The Kier molecular flexibility index (Phi) is 8.47. The van der Waals surface area contributed by atoms with Crippen molar-refractivity contribution in [3.8, 4) is 0 Å². The predicted octanol–water partition coefficient (Wildman–Crippen LogP) is 6.54. The Labute approximate surface area is 222 Å². The molecular weight excluding hydrogens is 458 g/mol. The van der Waals surface area contributed by atoms with Crippen LogP contribution in [-0.4, -0.2) is 47.1 Å². The van der Waals surface area contributed by atoms with Crippen molar-refractivity contribution in [2.45, 2.75) is 66.2 Å². The van der Waals surface area contributed by atoms with Crippen molar-refractivity contribution in [1.82, 2.24) is 14.9 Å². The lowest BCUT2D eigenvalue weighted by Crippen LogP contribution is -2.50. The summed E-state index contributed by atoms with van der Waals surface area (Å²) in [5.41, 5.74) is 6.92.